The van der Waals surface area contributed by atoms with Crippen molar-refractivity contribution in [3.8, 4) is 0 Å². The molecule has 4 N–H and O–H groups in total. The van der Waals surface area contributed by atoms with Gasteiger partial charge in [0.1, 0.15) is 0 Å². The number of nitrogens with zero attached hydrogens (tertiary/aromatic N) is 1. The van der Waals surface area contributed by atoms with Crippen molar-refractivity contribution < 1.29 is 9.90 Å². The van der Waals surface area contributed by atoms with Crippen LogP contribution in [0.3, 0.4) is 0 Å². The quantitative estimate of drug-likeness (QED) is 0.719. The third-order valence-electron chi connectivity index (χ3n) is 4.36. The lowest BCUT2D eigenvalue weighted by atomic mass is 9.95. The van der Waals surface area contributed by atoms with E-state index in [1.165, 1.54) is 12.8 Å². The Morgan fingerprint density at radius 3 is 2.60 bits per heavy atom. The summed E-state index contributed by atoms with van der Waals surface area (Å²) in [7, 11) is 4.18. The van der Waals surface area contributed by atoms with Crippen LogP contribution in [0, 0.1) is 0 Å². The standard InChI is InChI=1S/C15H23N3O2/c1-18(2)15(7-3-4-8-15)10-17-13-9-11(16)5-6-12(13)14(19)20/h5-6,9,17H,3-4,7-8,10,16H2,1-2H3,(H,19,20). The van der Waals surface area contributed by atoms with Crippen LogP contribution in [-0.4, -0.2) is 42.2 Å². The number of carboxylic acid groups (broad SMARTS) is 1. The Morgan fingerprint density at radius 2 is 2.05 bits per heavy atom. The number of benzene rings is 1. The SMILES string of the molecule is CN(C)C1(CNc2cc(N)ccc2C(=O)O)CCCC1. The molecule has 0 heterocycles. The third kappa shape index (κ3) is 2.88. The fraction of sp³-hybridized carbons (Fsp3) is 0.533. The number of likely N-dealkylation sites (N-methyl/N-ethyl adjacent to an activating group) is 1. The highest BCUT2D eigenvalue weighted by molar-refractivity contribution is 5.95. The fourth-order valence-electron chi connectivity index (χ4n) is 2.97. The van der Waals surface area contributed by atoms with Crippen LogP contribution >= 0.6 is 0 Å². The maximum absolute atomic E-state index is 11.3. The Balaban J connectivity index is 2.17. The molecule has 0 bridgehead atoms. The molecule has 20 heavy (non-hydrogen) atoms. The number of anilines is 2. The minimum atomic E-state index is -0.933. The van der Waals surface area contributed by atoms with Crippen molar-refractivity contribution in [3.63, 3.8) is 0 Å². The molecule has 2 rings (SSSR count). The van der Waals surface area contributed by atoms with E-state index in [0.717, 1.165) is 19.4 Å². The van der Waals surface area contributed by atoms with Crippen LogP contribution in [-0.2, 0) is 0 Å². The first-order valence-corrected chi connectivity index (χ1v) is 6.99. The summed E-state index contributed by atoms with van der Waals surface area (Å²) >= 11 is 0. The fourth-order valence-corrected chi connectivity index (χ4v) is 2.97. The van der Waals surface area contributed by atoms with Gasteiger partial charge in [0, 0.05) is 17.8 Å². The third-order valence-corrected chi connectivity index (χ3v) is 4.36. The maximum atomic E-state index is 11.3. The number of nitrogen functional groups attached to an aromatic ring is 1. The van der Waals surface area contributed by atoms with Crippen molar-refractivity contribution in [3.05, 3.63) is 23.8 Å². The molecule has 0 atom stereocenters. The average Bonchev–Trinajstić information content (AvgIpc) is 2.86. The van der Waals surface area contributed by atoms with E-state index >= 15 is 0 Å². The highest BCUT2D eigenvalue weighted by Crippen LogP contribution is 2.34. The molecule has 5 nitrogen and oxygen atoms in total. The molecule has 1 aromatic carbocycles. The minimum absolute atomic E-state index is 0.111. The van der Waals surface area contributed by atoms with Gasteiger partial charge in [-0.15, -0.1) is 0 Å². The molecule has 5 heteroatoms. The maximum Gasteiger partial charge on any atom is 0.337 e. The largest absolute Gasteiger partial charge is 0.478 e. The highest BCUT2D eigenvalue weighted by atomic mass is 16.4. The van der Waals surface area contributed by atoms with Crippen LogP contribution in [0.4, 0.5) is 11.4 Å². The molecule has 110 valence electrons. The molecule has 1 fully saturated rings. The van der Waals surface area contributed by atoms with Crippen LogP contribution in [0.25, 0.3) is 0 Å². The van der Waals surface area contributed by atoms with Gasteiger partial charge in [0.15, 0.2) is 0 Å². The van der Waals surface area contributed by atoms with Gasteiger partial charge in [-0.25, -0.2) is 4.79 Å². The molecule has 0 amide bonds. The summed E-state index contributed by atoms with van der Waals surface area (Å²) in [5.41, 5.74) is 7.32. The van der Waals surface area contributed by atoms with Crippen LogP contribution in [0.15, 0.2) is 18.2 Å². The van der Waals surface area contributed by atoms with Crippen molar-refractivity contribution in [2.24, 2.45) is 0 Å². The first-order valence-electron chi connectivity index (χ1n) is 6.99. The number of aromatic carboxylic acids is 1. The smallest absolute Gasteiger partial charge is 0.337 e. The normalized spacial score (nSPS) is 17.4. The molecule has 0 unspecified atom stereocenters. The summed E-state index contributed by atoms with van der Waals surface area (Å²) in [5, 5.41) is 12.5. The second-order valence-electron chi connectivity index (χ2n) is 5.79. The molecule has 0 aliphatic heterocycles. The number of carbonyl (C=O) groups is 1. The van der Waals surface area contributed by atoms with Gasteiger partial charge in [0.25, 0.3) is 0 Å². The Bertz CT molecular complexity index is 494. The van der Waals surface area contributed by atoms with Gasteiger partial charge in [0.05, 0.1) is 11.3 Å². The van der Waals surface area contributed by atoms with Crippen molar-refractivity contribution in [2.45, 2.75) is 31.2 Å². The first-order chi connectivity index (χ1) is 9.44. The molecule has 0 spiro atoms. The summed E-state index contributed by atoms with van der Waals surface area (Å²) in [6.07, 6.45) is 4.72. The first kappa shape index (κ1) is 14.7. The lowest BCUT2D eigenvalue weighted by Gasteiger charge is -2.37. The van der Waals surface area contributed by atoms with Gasteiger partial charge in [-0.1, -0.05) is 12.8 Å². The predicted octanol–water partition coefficient (Wildman–Crippen LogP) is 2.25. The Labute approximate surface area is 119 Å². The number of nitrogens with two attached hydrogens (primary N) is 1. The van der Waals surface area contributed by atoms with Crippen LogP contribution in [0.5, 0.6) is 0 Å². The number of nitrogens with one attached hydrogen (secondary N) is 1. The predicted molar refractivity (Wildman–Crippen MR) is 81.2 cm³/mol. The van der Waals surface area contributed by atoms with Gasteiger partial charge in [0.2, 0.25) is 0 Å². The summed E-state index contributed by atoms with van der Waals surface area (Å²) in [4.78, 5) is 13.5. The zero-order chi connectivity index (χ0) is 14.8. The molecule has 1 aliphatic carbocycles. The Kier molecular flexibility index (Phi) is 4.18. The van der Waals surface area contributed by atoms with E-state index < -0.39 is 5.97 Å². The molecular weight excluding hydrogens is 254 g/mol. The number of carboxylic acids is 1. The van der Waals surface area contributed by atoms with Crippen molar-refractivity contribution >= 4 is 17.3 Å². The van der Waals surface area contributed by atoms with Gasteiger partial charge in [-0.2, -0.15) is 0 Å². The highest BCUT2D eigenvalue weighted by Gasteiger charge is 2.35. The number of hydrogen-bond acceptors (Lipinski definition) is 4. The van der Waals surface area contributed by atoms with E-state index in [1.807, 2.05) is 0 Å². The topological polar surface area (TPSA) is 78.6 Å². The lowest BCUT2D eigenvalue weighted by molar-refractivity contribution is 0.0698. The minimum Gasteiger partial charge on any atom is -0.478 e. The second kappa shape index (κ2) is 5.71. The van der Waals surface area contributed by atoms with E-state index in [4.69, 9.17) is 5.73 Å². The average molecular weight is 277 g/mol. The molecule has 0 saturated heterocycles. The number of hydrogen-bond donors (Lipinski definition) is 3. The van der Waals surface area contributed by atoms with E-state index in [1.54, 1.807) is 18.2 Å². The van der Waals surface area contributed by atoms with Crippen LogP contribution in [0.2, 0.25) is 0 Å². The second-order valence-corrected chi connectivity index (χ2v) is 5.79. The van der Waals surface area contributed by atoms with Crippen molar-refractivity contribution in [1.82, 2.24) is 4.90 Å². The Hall–Kier alpha value is -1.75. The molecule has 0 radical (unpaired) electrons. The molecule has 1 aromatic rings. The molecular formula is C15H23N3O2. The van der Waals surface area contributed by atoms with Crippen LogP contribution < -0.4 is 11.1 Å². The zero-order valence-electron chi connectivity index (χ0n) is 12.1. The van der Waals surface area contributed by atoms with Gasteiger partial charge >= 0.3 is 5.97 Å². The van der Waals surface area contributed by atoms with Gasteiger partial charge in [-0.05, 0) is 45.1 Å². The summed E-state index contributed by atoms with van der Waals surface area (Å²) in [5.74, 6) is -0.933. The van der Waals surface area contributed by atoms with Gasteiger partial charge < -0.3 is 21.1 Å². The van der Waals surface area contributed by atoms with Gasteiger partial charge in [-0.3, -0.25) is 0 Å². The summed E-state index contributed by atoms with van der Waals surface area (Å²) in [6, 6.07) is 4.87. The van der Waals surface area contributed by atoms with E-state index in [0.29, 0.717) is 11.4 Å². The molecule has 0 aromatic heterocycles. The van der Waals surface area contributed by atoms with E-state index in [-0.39, 0.29) is 11.1 Å². The number of rotatable bonds is 5. The van der Waals surface area contributed by atoms with Crippen molar-refractivity contribution in [2.75, 3.05) is 31.7 Å². The molecule has 1 aliphatic rings. The van der Waals surface area contributed by atoms with E-state index in [9.17, 15) is 9.90 Å². The Morgan fingerprint density at radius 1 is 1.40 bits per heavy atom. The lowest BCUT2D eigenvalue weighted by Crippen LogP contribution is -2.47. The van der Waals surface area contributed by atoms with Crippen molar-refractivity contribution in [1.29, 1.82) is 0 Å². The van der Waals surface area contributed by atoms with Crippen LogP contribution in [0.1, 0.15) is 36.0 Å². The monoisotopic (exact) mass is 277 g/mol. The summed E-state index contributed by atoms with van der Waals surface area (Å²) < 4.78 is 0. The summed E-state index contributed by atoms with van der Waals surface area (Å²) in [6.45, 7) is 0.740. The van der Waals surface area contributed by atoms with E-state index in [2.05, 4.69) is 24.3 Å². The molecule has 1 saturated carbocycles. The zero-order valence-corrected chi connectivity index (χ0v) is 12.1.